The zero-order valence-electron chi connectivity index (χ0n) is 8.55. The van der Waals surface area contributed by atoms with E-state index in [-0.39, 0.29) is 5.63 Å². The quantitative estimate of drug-likeness (QED) is 0.595. The maximum atomic E-state index is 11.3. The molecule has 0 fully saturated rings. The van der Waals surface area contributed by atoms with Gasteiger partial charge in [0, 0.05) is 10.9 Å². The average Bonchev–Trinajstić information content (AvgIpc) is 2.08. The number of hydrogen-bond acceptors (Lipinski definition) is 2. The fraction of sp³-hybridized carbons (Fsp3) is 0.250. The van der Waals surface area contributed by atoms with Crippen LogP contribution >= 0.6 is 0 Å². The number of aryl methyl sites for hydroxylation is 3. The van der Waals surface area contributed by atoms with Crippen LogP contribution in [0.2, 0.25) is 0 Å². The fourth-order valence-corrected chi connectivity index (χ4v) is 1.66. The van der Waals surface area contributed by atoms with Gasteiger partial charge in [0.25, 0.3) is 0 Å². The second-order valence-electron chi connectivity index (χ2n) is 3.71. The molecule has 2 rings (SSSR count). The van der Waals surface area contributed by atoms with Gasteiger partial charge in [-0.25, -0.2) is 4.79 Å². The van der Waals surface area contributed by atoms with Gasteiger partial charge in [0.15, 0.2) is 0 Å². The Morgan fingerprint density at radius 2 is 1.71 bits per heavy atom. The van der Waals surface area contributed by atoms with Gasteiger partial charge in [-0.05, 0) is 44.0 Å². The Morgan fingerprint density at radius 1 is 1.00 bits per heavy atom. The minimum absolute atomic E-state index is 0.248. The smallest absolute Gasteiger partial charge is 0.339 e. The molecule has 2 heteroatoms. The molecule has 1 aromatic carbocycles. The Bertz CT molecular complexity index is 550. The molecule has 0 aliphatic heterocycles. The summed E-state index contributed by atoms with van der Waals surface area (Å²) in [6.07, 6.45) is 0. The van der Waals surface area contributed by atoms with Crippen LogP contribution in [0.15, 0.2) is 27.4 Å². The summed E-state index contributed by atoms with van der Waals surface area (Å²) in [6, 6.07) is 5.86. The fourth-order valence-electron chi connectivity index (χ4n) is 1.66. The maximum absolute atomic E-state index is 11.3. The van der Waals surface area contributed by atoms with Gasteiger partial charge in [-0.1, -0.05) is 6.07 Å². The van der Waals surface area contributed by atoms with E-state index >= 15 is 0 Å². The van der Waals surface area contributed by atoms with Gasteiger partial charge in [-0.2, -0.15) is 0 Å². The first-order valence-corrected chi connectivity index (χ1v) is 4.59. The van der Waals surface area contributed by atoms with E-state index in [1.807, 2.05) is 26.0 Å². The van der Waals surface area contributed by atoms with Gasteiger partial charge in [0.1, 0.15) is 5.58 Å². The number of fused-ring (bicyclic) bond motifs is 1. The van der Waals surface area contributed by atoms with Gasteiger partial charge in [0.2, 0.25) is 0 Å². The highest BCUT2D eigenvalue weighted by Gasteiger charge is 2.04. The molecule has 72 valence electrons. The van der Waals surface area contributed by atoms with E-state index in [1.54, 1.807) is 6.92 Å². The summed E-state index contributed by atoms with van der Waals surface area (Å²) in [5, 5.41) is 1.02. The van der Waals surface area contributed by atoms with Crippen LogP contribution in [0.5, 0.6) is 0 Å². The molecule has 0 radical (unpaired) electrons. The van der Waals surface area contributed by atoms with Crippen molar-refractivity contribution >= 4 is 11.0 Å². The van der Waals surface area contributed by atoms with Crippen molar-refractivity contribution in [1.29, 1.82) is 0 Å². The van der Waals surface area contributed by atoms with E-state index in [2.05, 4.69) is 6.07 Å². The standard InChI is InChI=1S/C12H12O2/c1-7-4-8(2)10-6-9(3)12(13)14-11(10)5-7/h4-6H,1-3H3. The molecule has 1 aromatic heterocycles. The number of rotatable bonds is 0. The molecule has 0 saturated heterocycles. The lowest BCUT2D eigenvalue weighted by atomic mass is 10.1. The Labute approximate surface area is 82.2 Å². The van der Waals surface area contributed by atoms with Gasteiger partial charge >= 0.3 is 5.63 Å². The van der Waals surface area contributed by atoms with E-state index < -0.39 is 0 Å². The SMILES string of the molecule is Cc1cc(C)c2cc(C)c(=O)oc2c1. The van der Waals surface area contributed by atoms with Crippen molar-refractivity contribution in [3.63, 3.8) is 0 Å². The summed E-state index contributed by atoms with van der Waals surface area (Å²) in [5.41, 5.74) is 3.35. The highest BCUT2D eigenvalue weighted by molar-refractivity contribution is 5.81. The molecule has 14 heavy (non-hydrogen) atoms. The van der Waals surface area contributed by atoms with Crippen molar-refractivity contribution in [1.82, 2.24) is 0 Å². The molecule has 0 aliphatic carbocycles. The van der Waals surface area contributed by atoms with Gasteiger partial charge < -0.3 is 4.42 Å². The molecule has 0 aliphatic rings. The first-order valence-electron chi connectivity index (χ1n) is 4.59. The molecular weight excluding hydrogens is 176 g/mol. The summed E-state index contributed by atoms with van der Waals surface area (Å²) >= 11 is 0. The van der Waals surface area contributed by atoms with E-state index in [4.69, 9.17) is 4.42 Å². The van der Waals surface area contributed by atoms with Crippen LogP contribution in [0.4, 0.5) is 0 Å². The zero-order valence-corrected chi connectivity index (χ0v) is 8.55. The molecule has 0 amide bonds. The van der Waals surface area contributed by atoms with Crippen molar-refractivity contribution in [3.8, 4) is 0 Å². The minimum atomic E-state index is -0.248. The first-order chi connectivity index (χ1) is 6.58. The van der Waals surface area contributed by atoms with E-state index in [1.165, 1.54) is 0 Å². The van der Waals surface area contributed by atoms with Crippen molar-refractivity contribution in [2.45, 2.75) is 20.8 Å². The third-order valence-electron chi connectivity index (χ3n) is 2.38. The summed E-state index contributed by atoms with van der Waals surface area (Å²) in [7, 11) is 0. The topological polar surface area (TPSA) is 30.2 Å². The van der Waals surface area contributed by atoms with Crippen molar-refractivity contribution in [2.24, 2.45) is 0 Å². The Morgan fingerprint density at radius 3 is 2.43 bits per heavy atom. The predicted octanol–water partition coefficient (Wildman–Crippen LogP) is 2.72. The summed E-state index contributed by atoms with van der Waals surface area (Å²) in [6.45, 7) is 5.78. The van der Waals surface area contributed by atoms with Crippen LogP contribution in [0.3, 0.4) is 0 Å². The molecular formula is C12H12O2. The van der Waals surface area contributed by atoms with Crippen molar-refractivity contribution in [3.05, 3.63) is 45.3 Å². The monoisotopic (exact) mass is 188 g/mol. The normalized spacial score (nSPS) is 10.8. The largest absolute Gasteiger partial charge is 0.423 e. The van der Waals surface area contributed by atoms with Crippen LogP contribution in [0.25, 0.3) is 11.0 Å². The molecule has 1 heterocycles. The molecule has 2 aromatic rings. The Kier molecular flexibility index (Phi) is 1.92. The third kappa shape index (κ3) is 1.33. The third-order valence-corrected chi connectivity index (χ3v) is 2.38. The van der Waals surface area contributed by atoms with Gasteiger partial charge in [-0.3, -0.25) is 0 Å². The minimum Gasteiger partial charge on any atom is -0.423 e. The van der Waals surface area contributed by atoms with Crippen LogP contribution in [-0.2, 0) is 0 Å². The first kappa shape index (κ1) is 9.00. The second-order valence-corrected chi connectivity index (χ2v) is 3.71. The second kappa shape index (κ2) is 2.98. The molecule has 0 bridgehead atoms. The van der Waals surface area contributed by atoms with Gasteiger partial charge in [-0.15, -0.1) is 0 Å². The van der Waals surface area contributed by atoms with Crippen LogP contribution in [0, 0.1) is 20.8 Å². The zero-order chi connectivity index (χ0) is 10.3. The highest BCUT2D eigenvalue weighted by atomic mass is 16.4. The molecule has 2 nitrogen and oxygen atoms in total. The van der Waals surface area contributed by atoms with E-state index in [9.17, 15) is 4.79 Å². The average molecular weight is 188 g/mol. The molecule has 0 atom stereocenters. The Balaban J connectivity index is 2.96. The summed E-state index contributed by atoms with van der Waals surface area (Å²) in [5.74, 6) is 0. The lowest BCUT2D eigenvalue weighted by Crippen LogP contribution is -2.02. The number of hydrogen-bond donors (Lipinski definition) is 0. The lowest BCUT2D eigenvalue weighted by molar-refractivity contribution is 0.554. The van der Waals surface area contributed by atoms with E-state index in [0.717, 1.165) is 16.5 Å². The predicted molar refractivity (Wildman–Crippen MR) is 56.7 cm³/mol. The lowest BCUT2D eigenvalue weighted by Gasteiger charge is -2.03. The van der Waals surface area contributed by atoms with Crippen molar-refractivity contribution < 1.29 is 4.42 Å². The van der Waals surface area contributed by atoms with E-state index in [0.29, 0.717) is 11.1 Å². The highest BCUT2D eigenvalue weighted by Crippen LogP contribution is 2.19. The Hall–Kier alpha value is -1.57. The van der Waals surface area contributed by atoms with Crippen LogP contribution in [-0.4, -0.2) is 0 Å². The van der Waals surface area contributed by atoms with Crippen LogP contribution < -0.4 is 5.63 Å². The molecule has 0 spiro atoms. The molecule has 0 saturated carbocycles. The molecule has 0 N–H and O–H groups in total. The van der Waals surface area contributed by atoms with Crippen LogP contribution in [0.1, 0.15) is 16.7 Å². The summed E-state index contributed by atoms with van der Waals surface area (Å²) < 4.78 is 5.20. The molecule has 0 unspecified atom stereocenters. The number of benzene rings is 1. The maximum Gasteiger partial charge on any atom is 0.339 e. The van der Waals surface area contributed by atoms with Gasteiger partial charge in [0.05, 0.1) is 0 Å². The van der Waals surface area contributed by atoms with Crippen molar-refractivity contribution in [2.75, 3.05) is 0 Å². The summed E-state index contributed by atoms with van der Waals surface area (Å²) in [4.78, 5) is 11.3.